The van der Waals surface area contributed by atoms with E-state index in [1.54, 1.807) is 12.1 Å². The molecule has 1 saturated heterocycles. The molecule has 0 spiro atoms. The van der Waals surface area contributed by atoms with Gasteiger partial charge in [-0.15, -0.1) is 0 Å². The molecule has 2 aliphatic rings. The Morgan fingerprint density at radius 3 is 2.40 bits per heavy atom. The van der Waals surface area contributed by atoms with Crippen LogP contribution in [0.25, 0.3) is 0 Å². The molecule has 0 amide bonds. The minimum absolute atomic E-state index is 0.0359. The molecule has 1 aliphatic carbocycles. The number of carbonyl (C=O) groups is 1. The van der Waals surface area contributed by atoms with Crippen LogP contribution in [0.1, 0.15) is 57.4 Å². The minimum atomic E-state index is -0.312. The van der Waals surface area contributed by atoms with E-state index >= 15 is 0 Å². The zero-order valence-electron chi connectivity index (χ0n) is 15.6. The molecule has 1 aliphatic heterocycles. The largest absolute Gasteiger partial charge is 0.469 e. The lowest BCUT2D eigenvalue weighted by molar-refractivity contribution is -0.155. The first-order valence-corrected chi connectivity index (χ1v) is 9.54. The highest BCUT2D eigenvalue weighted by Gasteiger charge is 2.49. The van der Waals surface area contributed by atoms with Gasteiger partial charge in [-0.05, 0) is 74.7 Å². The first-order valence-electron chi connectivity index (χ1n) is 9.54. The maximum Gasteiger partial charge on any atom is 0.312 e. The van der Waals surface area contributed by atoms with Gasteiger partial charge < -0.3 is 9.64 Å². The van der Waals surface area contributed by atoms with E-state index in [1.807, 2.05) is 12.1 Å². The van der Waals surface area contributed by atoms with E-state index in [0.717, 1.165) is 45.2 Å². The number of hydrogen-bond donors (Lipinski definition) is 0. The molecule has 0 bridgehead atoms. The second kappa shape index (κ2) is 7.45. The Labute approximate surface area is 150 Å². The molecule has 1 aromatic carbocycles. The van der Waals surface area contributed by atoms with Crippen LogP contribution >= 0.6 is 0 Å². The molecular formula is C21H30FNO2. The van der Waals surface area contributed by atoms with Crippen molar-refractivity contribution in [2.75, 3.05) is 20.2 Å². The molecule has 1 aromatic rings. The van der Waals surface area contributed by atoms with Gasteiger partial charge in [-0.1, -0.05) is 26.0 Å². The van der Waals surface area contributed by atoms with Gasteiger partial charge in [-0.25, -0.2) is 4.39 Å². The van der Waals surface area contributed by atoms with Crippen molar-refractivity contribution >= 4 is 5.97 Å². The van der Waals surface area contributed by atoms with Crippen molar-refractivity contribution in [3.8, 4) is 0 Å². The summed E-state index contributed by atoms with van der Waals surface area (Å²) in [7, 11) is 1.51. The van der Waals surface area contributed by atoms with Gasteiger partial charge in [0.25, 0.3) is 0 Å². The van der Waals surface area contributed by atoms with Crippen LogP contribution in [0.4, 0.5) is 4.39 Å². The number of benzene rings is 1. The Kier molecular flexibility index (Phi) is 5.47. The standard InChI is InChI=1S/C21H30FNO2/c1-15(2)21(20(24)25-3)11-8-19(14-21)23-12-9-17(10-13-23)16-4-6-18(22)7-5-16/h4-7,15,17,19H,8-14H2,1-3H3. The van der Waals surface area contributed by atoms with E-state index in [4.69, 9.17) is 4.74 Å². The quantitative estimate of drug-likeness (QED) is 0.757. The zero-order chi connectivity index (χ0) is 18.0. The van der Waals surface area contributed by atoms with Crippen LogP contribution in [-0.4, -0.2) is 37.1 Å². The van der Waals surface area contributed by atoms with Gasteiger partial charge in [0.2, 0.25) is 0 Å². The van der Waals surface area contributed by atoms with Crippen molar-refractivity contribution in [3.63, 3.8) is 0 Å². The molecule has 138 valence electrons. The first-order chi connectivity index (χ1) is 12.0. The molecule has 0 aromatic heterocycles. The summed E-state index contributed by atoms with van der Waals surface area (Å²) in [6.45, 7) is 6.39. The smallest absolute Gasteiger partial charge is 0.312 e. The van der Waals surface area contributed by atoms with Crippen molar-refractivity contribution in [3.05, 3.63) is 35.6 Å². The molecule has 25 heavy (non-hydrogen) atoms. The average molecular weight is 347 g/mol. The van der Waals surface area contributed by atoms with Gasteiger partial charge in [-0.2, -0.15) is 0 Å². The fourth-order valence-corrected chi connectivity index (χ4v) is 4.84. The third-order valence-electron chi connectivity index (χ3n) is 6.61. The highest BCUT2D eigenvalue weighted by Crippen LogP contribution is 2.47. The SMILES string of the molecule is COC(=O)C1(C(C)C)CCC(N2CCC(c3ccc(F)cc3)CC2)C1. The molecule has 2 atom stereocenters. The van der Waals surface area contributed by atoms with E-state index in [0.29, 0.717) is 17.9 Å². The van der Waals surface area contributed by atoms with Crippen molar-refractivity contribution in [2.24, 2.45) is 11.3 Å². The molecule has 2 unspecified atom stereocenters. The molecule has 3 rings (SSSR count). The maximum atomic E-state index is 13.1. The van der Waals surface area contributed by atoms with E-state index in [-0.39, 0.29) is 17.2 Å². The number of rotatable bonds is 4. The molecule has 3 nitrogen and oxygen atoms in total. The van der Waals surface area contributed by atoms with Crippen LogP contribution in [0, 0.1) is 17.2 Å². The first kappa shape index (κ1) is 18.4. The third kappa shape index (κ3) is 3.59. The Balaban J connectivity index is 1.60. The Bertz CT molecular complexity index is 592. The van der Waals surface area contributed by atoms with Crippen LogP contribution in [0.3, 0.4) is 0 Å². The molecular weight excluding hydrogens is 317 g/mol. The van der Waals surface area contributed by atoms with E-state index < -0.39 is 0 Å². The van der Waals surface area contributed by atoms with Crippen molar-refractivity contribution in [2.45, 2.75) is 57.9 Å². The summed E-state index contributed by atoms with van der Waals surface area (Å²) in [6, 6.07) is 7.45. The monoisotopic (exact) mass is 347 g/mol. The second-order valence-electron chi connectivity index (χ2n) is 8.06. The molecule has 1 saturated carbocycles. The predicted octanol–water partition coefficient (Wildman–Crippen LogP) is 4.37. The van der Waals surface area contributed by atoms with Crippen molar-refractivity contribution in [1.82, 2.24) is 4.90 Å². The average Bonchev–Trinajstić information content (AvgIpc) is 3.09. The van der Waals surface area contributed by atoms with Gasteiger partial charge in [0.05, 0.1) is 12.5 Å². The molecule has 0 radical (unpaired) electrons. The number of methoxy groups -OCH3 is 1. The summed E-state index contributed by atoms with van der Waals surface area (Å²) in [5.74, 6) is 0.626. The van der Waals surface area contributed by atoms with Crippen LogP contribution < -0.4 is 0 Å². The highest BCUT2D eigenvalue weighted by atomic mass is 19.1. The summed E-state index contributed by atoms with van der Waals surface area (Å²) < 4.78 is 18.2. The van der Waals surface area contributed by atoms with Gasteiger partial charge in [0.15, 0.2) is 0 Å². The molecule has 4 heteroatoms. The lowest BCUT2D eigenvalue weighted by atomic mass is 9.75. The number of ether oxygens (including phenoxy) is 1. The van der Waals surface area contributed by atoms with Gasteiger partial charge in [-0.3, -0.25) is 4.79 Å². The van der Waals surface area contributed by atoms with Crippen LogP contribution in [0.15, 0.2) is 24.3 Å². The Hall–Kier alpha value is -1.42. The normalized spacial score (nSPS) is 28.4. The Morgan fingerprint density at radius 1 is 1.20 bits per heavy atom. The summed E-state index contributed by atoms with van der Waals surface area (Å²) >= 11 is 0. The van der Waals surface area contributed by atoms with E-state index in [1.165, 1.54) is 12.7 Å². The minimum Gasteiger partial charge on any atom is -0.469 e. The van der Waals surface area contributed by atoms with Gasteiger partial charge in [0, 0.05) is 6.04 Å². The summed E-state index contributed by atoms with van der Waals surface area (Å²) in [5.41, 5.74) is 0.936. The lowest BCUT2D eigenvalue weighted by Crippen LogP contribution is -2.42. The fourth-order valence-electron chi connectivity index (χ4n) is 4.84. The van der Waals surface area contributed by atoms with Gasteiger partial charge in [0.1, 0.15) is 5.82 Å². The van der Waals surface area contributed by atoms with Crippen LogP contribution in [0.2, 0.25) is 0 Å². The maximum absolute atomic E-state index is 13.1. The van der Waals surface area contributed by atoms with Crippen molar-refractivity contribution < 1.29 is 13.9 Å². The number of likely N-dealkylation sites (tertiary alicyclic amines) is 1. The Morgan fingerprint density at radius 2 is 1.84 bits per heavy atom. The predicted molar refractivity (Wildman–Crippen MR) is 96.9 cm³/mol. The number of halogens is 1. The third-order valence-corrected chi connectivity index (χ3v) is 6.61. The number of nitrogens with zero attached hydrogens (tertiary/aromatic N) is 1. The second-order valence-corrected chi connectivity index (χ2v) is 8.06. The molecule has 2 fully saturated rings. The van der Waals surface area contributed by atoms with E-state index in [9.17, 15) is 9.18 Å². The highest BCUT2D eigenvalue weighted by molar-refractivity contribution is 5.77. The topological polar surface area (TPSA) is 29.5 Å². The van der Waals surface area contributed by atoms with Gasteiger partial charge >= 0.3 is 5.97 Å². The number of esters is 1. The summed E-state index contributed by atoms with van der Waals surface area (Å²) in [6.07, 6.45) is 5.14. The van der Waals surface area contributed by atoms with E-state index in [2.05, 4.69) is 18.7 Å². The number of carbonyl (C=O) groups excluding carboxylic acids is 1. The summed E-state index contributed by atoms with van der Waals surface area (Å²) in [5, 5.41) is 0. The zero-order valence-corrected chi connectivity index (χ0v) is 15.6. The summed E-state index contributed by atoms with van der Waals surface area (Å²) in [4.78, 5) is 15.0. The number of hydrogen-bond acceptors (Lipinski definition) is 3. The van der Waals surface area contributed by atoms with Crippen LogP contribution in [-0.2, 0) is 9.53 Å². The molecule has 1 heterocycles. The van der Waals surface area contributed by atoms with Crippen LogP contribution in [0.5, 0.6) is 0 Å². The lowest BCUT2D eigenvalue weighted by Gasteiger charge is -2.37. The fraction of sp³-hybridized carbons (Fsp3) is 0.667. The number of piperidine rings is 1. The van der Waals surface area contributed by atoms with Crippen molar-refractivity contribution in [1.29, 1.82) is 0 Å². The molecule has 0 N–H and O–H groups in total.